The monoisotopic (exact) mass is 233 g/mol. The number of halogens is 3. The Morgan fingerprint density at radius 2 is 2.06 bits per heavy atom. The van der Waals surface area contributed by atoms with E-state index in [0.717, 1.165) is 0 Å². The lowest BCUT2D eigenvalue weighted by atomic mass is 10.1. The summed E-state index contributed by atoms with van der Waals surface area (Å²) >= 11 is 0. The van der Waals surface area contributed by atoms with E-state index in [0.29, 0.717) is 13.0 Å². The highest BCUT2D eigenvalue weighted by molar-refractivity contribution is 5.44. The molecule has 0 fully saturated rings. The van der Waals surface area contributed by atoms with Crippen LogP contribution < -0.4 is 4.74 Å². The zero-order chi connectivity index (χ0) is 12.2. The van der Waals surface area contributed by atoms with E-state index in [-0.39, 0.29) is 17.9 Å². The predicted octanol–water partition coefficient (Wildman–Crippen LogP) is 3.38. The summed E-state index contributed by atoms with van der Waals surface area (Å²) in [5.74, 6) is -0.253. The molecule has 2 nitrogen and oxygen atoms in total. The average Bonchev–Trinajstić information content (AvgIpc) is 2.24. The van der Waals surface area contributed by atoms with Crippen molar-refractivity contribution in [3.05, 3.63) is 35.9 Å². The first-order valence-corrected chi connectivity index (χ1v) is 4.81. The van der Waals surface area contributed by atoms with E-state index in [4.69, 9.17) is 9.84 Å². The van der Waals surface area contributed by atoms with Gasteiger partial charge < -0.3 is 9.84 Å². The molecule has 1 aromatic rings. The van der Waals surface area contributed by atoms with Gasteiger partial charge in [0.05, 0.1) is 6.61 Å². The Labute approximate surface area is 91.7 Å². The van der Waals surface area contributed by atoms with Crippen molar-refractivity contribution < 1.29 is 23.0 Å². The summed E-state index contributed by atoms with van der Waals surface area (Å²) in [5.41, 5.74) is -1.23. The van der Waals surface area contributed by atoms with Gasteiger partial charge in [-0.15, -0.1) is 0 Å². The summed E-state index contributed by atoms with van der Waals surface area (Å²) < 4.78 is 43.1. The highest BCUT2D eigenvalue weighted by atomic mass is 19.4. The molecule has 0 heterocycles. The minimum Gasteiger partial charge on any atom is -0.493 e. The molecule has 0 bridgehead atoms. The topological polar surface area (TPSA) is 29.5 Å². The lowest BCUT2D eigenvalue weighted by Gasteiger charge is -2.16. The molecule has 0 saturated heterocycles. The van der Waals surface area contributed by atoms with Crippen LogP contribution in [-0.4, -0.2) is 11.7 Å². The molecule has 89 valence electrons. The van der Waals surface area contributed by atoms with Crippen molar-refractivity contribution >= 4 is 0 Å². The lowest BCUT2D eigenvalue weighted by Crippen LogP contribution is -2.12. The fourth-order valence-corrected chi connectivity index (χ4v) is 1.29. The third kappa shape index (κ3) is 2.88. The Morgan fingerprint density at radius 1 is 1.38 bits per heavy atom. The fourth-order valence-electron chi connectivity index (χ4n) is 1.29. The van der Waals surface area contributed by atoms with E-state index in [1.165, 1.54) is 18.2 Å². The number of benzene rings is 1. The Kier molecular flexibility index (Phi) is 4.18. The van der Waals surface area contributed by atoms with E-state index in [9.17, 15) is 13.2 Å². The zero-order valence-corrected chi connectivity index (χ0v) is 8.71. The van der Waals surface area contributed by atoms with Gasteiger partial charge in [0, 0.05) is 0 Å². The molecule has 0 amide bonds. The normalized spacial score (nSPS) is 11.6. The van der Waals surface area contributed by atoms with Crippen LogP contribution in [-0.2, 0) is 6.18 Å². The summed E-state index contributed by atoms with van der Waals surface area (Å²) in [5, 5.41) is 8.75. The van der Waals surface area contributed by atoms with Crippen molar-refractivity contribution in [1.29, 1.82) is 0 Å². The van der Waals surface area contributed by atoms with E-state index in [1.807, 2.05) is 0 Å². The van der Waals surface area contributed by atoms with Crippen LogP contribution in [0, 0.1) is 6.61 Å². The SMILES string of the molecule is CCCOc1cccc([CH]O)c1C(F)(F)F. The molecule has 1 rings (SSSR count). The van der Waals surface area contributed by atoms with Crippen LogP contribution in [0.4, 0.5) is 13.2 Å². The van der Waals surface area contributed by atoms with Gasteiger partial charge in [0.15, 0.2) is 0 Å². The number of rotatable bonds is 4. The van der Waals surface area contributed by atoms with Gasteiger partial charge in [-0.3, -0.25) is 0 Å². The number of ether oxygens (including phenoxy) is 1. The van der Waals surface area contributed by atoms with E-state index >= 15 is 0 Å². The maximum atomic E-state index is 12.7. The van der Waals surface area contributed by atoms with Crippen molar-refractivity contribution in [3.8, 4) is 5.75 Å². The van der Waals surface area contributed by atoms with E-state index in [1.54, 1.807) is 6.92 Å². The molecule has 1 N–H and O–H groups in total. The van der Waals surface area contributed by atoms with Crippen molar-refractivity contribution in [2.45, 2.75) is 19.5 Å². The number of aliphatic hydroxyl groups is 1. The highest BCUT2D eigenvalue weighted by Gasteiger charge is 2.36. The smallest absolute Gasteiger partial charge is 0.420 e. The molecule has 5 heteroatoms. The summed E-state index contributed by atoms with van der Waals surface area (Å²) in [6.07, 6.45) is -3.93. The van der Waals surface area contributed by atoms with Gasteiger partial charge in [-0.05, 0) is 18.1 Å². The highest BCUT2D eigenvalue weighted by Crippen LogP contribution is 2.39. The van der Waals surface area contributed by atoms with Gasteiger partial charge in [0.25, 0.3) is 0 Å². The third-order valence-corrected chi connectivity index (χ3v) is 1.94. The Balaban J connectivity index is 3.16. The first-order chi connectivity index (χ1) is 7.50. The number of hydrogen-bond donors (Lipinski definition) is 1. The van der Waals surface area contributed by atoms with Crippen LogP contribution in [0.25, 0.3) is 0 Å². The van der Waals surface area contributed by atoms with Gasteiger partial charge in [0.2, 0.25) is 0 Å². The minimum atomic E-state index is -4.54. The first-order valence-electron chi connectivity index (χ1n) is 4.81. The van der Waals surface area contributed by atoms with Crippen molar-refractivity contribution in [2.75, 3.05) is 6.61 Å². The van der Waals surface area contributed by atoms with Crippen LogP contribution in [0.15, 0.2) is 18.2 Å². The summed E-state index contributed by atoms with van der Waals surface area (Å²) in [6.45, 7) is 2.44. The van der Waals surface area contributed by atoms with Crippen molar-refractivity contribution in [3.63, 3.8) is 0 Å². The number of hydrogen-bond acceptors (Lipinski definition) is 2. The second-order valence-electron chi connectivity index (χ2n) is 3.20. The fraction of sp³-hybridized carbons (Fsp3) is 0.364. The van der Waals surface area contributed by atoms with Crippen molar-refractivity contribution in [1.82, 2.24) is 0 Å². The standard InChI is InChI=1S/C11H12F3O2/c1-2-6-16-9-5-3-4-8(7-15)10(9)11(12,13)14/h3-5,7,15H,2,6H2,1H3. The number of alkyl halides is 3. The molecule has 16 heavy (non-hydrogen) atoms. The zero-order valence-electron chi connectivity index (χ0n) is 8.71. The summed E-state index contributed by atoms with van der Waals surface area (Å²) in [7, 11) is 0. The molecule has 0 spiro atoms. The molecule has 0 atom stereocenters. The van der Waals surface area contributed by atoms with Gasteiger partial charge in [-0.1, -0.05) is 19.1 Å². The molecule has 0 aliphatic rings. The third-order valence-electron chi connectivity index (χ3n) is 1.94. The second-order valence-corrected chi connectivity index (χ2v) is 3.20. The maximum Gasteiger partial charge on any atom is 0.420 e. The molecule has 0 aliphatic carbocycles. The quantitative estimate of drug-likeness (QED) is 0.863. The first kappa shape index (κ1) is 12.8. The Morgan fingerprint density at radius 3 is 2.56 bits per heavy atom. The van der Waals surface area contributed by atoms with Crippen LogP contribution in [0.3, 0.4) is 0 Å². The van der Waals surface area contributed by atoms with Gasteiger partial charge in [0.1, 0.15) is 17.9 Å². The lowest BCUT2D eigenvalue weighted by molar-refractivity contribution is -0.139. The molecule has 0 saturated carbocycles. The van der Waals surface area contributed by atoms with Gasteiger partial charge >= 0.3 is 6.18 Å². The molecule has 1 aromatic carbocycles. The minimum absolute atomic E-state index is 0.206. The average molecular weight is 233 g/mol. The summed E-state index contributed by atoms with van der Waals surface area (Å²) in [4.78, 5) is 0. The van der Waals surface area contributed by atoms with Crippen LogP contribution in [0.1, 0.15) is 24.5 Å². The maximum absolute atomic E-state index is 12.7. The van der Waals surface area contributed by atoms with Crippen LogP contribution >= 0.6 is 0 Å². The molecule has 0 aliphatic heterocycles. The second kappa shape index (κ2) is 5.21. The molecule has 0 unspecified atom stereocenters. The Hall–Kier alpha value is -1.23. The van der Waals surface area contributed by atoms with E-state index < -0.39 is 11.7 Å². The molecular weight excluding hydrogens is 221 g/mol. The molecule has 1 radical (unpaired) electrons. The van der Waals surface area contributed by atoms with Gasteiger partial charge in [-0.25, -0.2) is 0 Å². The van der Waals surface area contributed by atoms with Crippen LogP contribution in [0.2, 0.25) is 0 Å². The number of aliphatic hydroxyl groups excluding tert-OH is 1. The van der Waals surface area contributed by atoms with E-state index in [2.05, 4.69) is 0 Å². The molecular formula is C11H12F3O2. The molecule has 0 aromatic heterocycles. The summed E-state index contributed by atoms with van der Waals surface area (Å²) in [6, 6.07) is 3.83. The van der Waals surface area contributed by atoms with Crippen LogP contribution in [0.5, 0.6) is 5.75 Å². The largest absolute Gasteiger partial charge is 0.493 e. The predicted molar refractivity (Wildman–Crippen MR) is 52.6 cm³/mol. The Bertz CT molecular complexity index is 348. The van der Waals surface area contributed by atoms with Gasteiger partial charge in [-0.2, -0.15) is 13.2 Å². The van der Waals surface area contributed by atoms with Crippen molar-refractivity contribution in [2.24, 2.45) is 0 Å².